The van der Waals surface area contributed by atoms with E-state index in [1.807, 2.05) is 12.1 Å². The fourth-order valence-electron chi connectivity index (χ4n) is 17.0. The molecule has 18 rings (SSSR count). The molecule has 11 aromatic rings. The minimum Gasteiger partial charge on any atom is -0.457 e. The summed E-state index contributed by atoms with van der Waals surface area (Å²) in [6, 6.07) is 92.6. The van der Waals surface area contributed by atoms with Crippen LogP contribution in [0.1, 0.15) is 100 Å². The first-order valence-electron chi connectivity index (χ1n) is 34.4. The minimum atomic E-state index is -0.744. The van der Waals surface area contributed by atoms with Crippen LogP contribution in [0, 0.1) is 11.7 Å². The number of benzene rings is 11. The van der Waals surface area contributed by atoms with Crippen molar-refractivity contribution in [2.75, 3.05) is 9.80 Å². The molecule has 0 saturated carbocycles. The van der Waals surface area contributed by atoms with Gasteiger partial charge in [0.25, 0.3) is 0 Å². The highest BCUT2D eigenvalue weighted by Crippen LogP contribution is 2.62. The number of hydrogen-bond acceptors (Lipinski definition) is 4. The van der Waals surface area contributed by atoms with Crippen molar-refractivity contribution in [3.8, 4) is 34.1 Å². The Hall–Kier alpha value is -11.1. The van der Waals surface area contributed by atoms with Gasteiger partial charge in [-0.05, 0) is 291 Å². The molecule has 4 nitrogen and oxygen atoms in total. The Morgan fingerprint density at radius 2 is 0.897 bits per heavy atom. The second kappa shape index (κ2) is 23.7. The molecule has 0 radical (unpaired) electrons. The van der Waals surface area contributed by atoms with Crippen LogP contribution in [0.5, 0.6) is 23.0 Å². The predicted octanol–water partition coefficient (Wildman–Crippen LogP) is 23.6. The number of fused-ring (bicyclic) bond motifs is 6. The van der Waals surface area contributed by atoms with E-state index in [1.54, 1.807) is 18.2 Å². The summed E-state index contributed by atoms with van der Waals surface area (Å²) in [7, 11) is 0. The van der Waals surface area contributed by atoms with Crippen molar-refractivity contribution in [2.45, 2.75) is 75.5 Å². The Kier molecular flexibility index (Phi) is 14.3. The zero-order valence-corrected chi connectivity index (χ0v) is 54.1. The van der Waals surface area contributed by atoms with Crippen LogP contribution in [0.15, 0.2) is 319 Å². The van der Waals surface area contributed by atoms with E-state index in [2.05, 4.69) is 278 Å². The molecule has 6 heteroatoms. The van der Waals surface area contributed by atoms with Crippen LogP contribution in [0.4, 0.5) is 37.2 Å². The van der Waals surface area contributed by atoms with E-state index >= 15 is 8.78 Å². The van der Waals surface area contributed by atoms with Crippen molar-refractivity contribution in [3.63, 3.8) is 0 Å². The zero-order chi connectivity index (χ0) is 64.8. The largest absolute Gasteiger partial charge is 0.457 e. The van der Waals surface area contributed by atoms with Crippen molar-refractivity contribution in [1.29, 1.82) is 0 Å². The molecular formula is C91H70F2N2O2. The Morgan fingerprint density at radius 1 is 0.392 bits per heavy atom. The Labute approximate surface area is 566 Å². The normalized spacial score (nSPS) is 19.2. The predicted molar refractivity (Wildman–Crippen MR) is 390 cm³/mol. The first-order chi connectivity index (χ1) is 47.7. The van der Waals surface area contributed by atoms with Crippen molar-refractivity contribution in [1.82, 2.24) is 0 Å². The van der Waals surface area contributed by atoms with Crippen LogP contribution in [0.3, 0.4) is 0 Å². The molecule has 0 aliphatic heterocycles. The number of halogens is 2. The van der Waals surface area contributed by atoms with E-state index < -0.39 is 10.8 Å². The molecule has 0 spiro atoms. The van der Waals surface area contributed by atoms with Gasteiger partial charge in [0, 0.05) is 40.6 Å². The molecule has 470 valence electrons. The van der Waals surface area contributed by atoms with Crippen LogP contribution >= 0.6 is 0 Å². The highest BCUT2D eigenvalue weighted by Gasteiger charge is 2.51. The van der Waals surface area contributed by atoms with Crippen LogP contribution in [0.2, 0.25) is 0 Å². The molecule has 0 fully saturated rings. The van der Waals surface area contributed by atoms with E-state index in [4.69, 9.17) is 9.47 Å². The lowest BCUT2D eigenvalue weighted by Gasteiger charge is -2.41. The quantitative estimate of drug-likeness (QED) is 0.102. The lowest BCUT2D eigenvalue weighted by molar-refractivity contribution is 0.477. The second-order valence-corrected chi connectivity index (χ2v) is 27.0. The number of aryl methyl sites for hydroxylation is 4. The molecular weight excluding hydrogens is 1190 g/mol. The van der Waals surface area contributed by atoms with E-state index in [9.17, 15) is 0 Å². The van der Waals surface area contributed by atoms with Gasteiger partial charge in [0.1, 0.15) is 34.6 Å². The Bertz CT molecular complexity index is 5140. The topological polar surface area (TPSA) is 24.9 Å². The molecule has 7 aliphatic rings. The van der Waals surface area contributed by atoms with Crippen LogP contribution in [-0.4, -0.2) is 0 Å². The minimum absolute atomic E-state index is 0.0589. The number of rotatable bonds is 15. The standard InChI is InChI=1S/C91H70F2N2O2/c1-59-54-70(93)38-53-85(59)91(68-34-49-78(50-35-68)97-80-46-29-63-21-23-65(63)56-80)87-19-11-9-17-82(87)84-52-44-76(58-89(84)91)95(72-14-6-3-7-15-72)74-41-26-61(27-42-74)60-24-39-73(40-25-60)94(71-12-4-2-5-13-71)75-43-51-83-81-16-8-10-18-86(81)90(88(83)57-75,66-30-36-69(92)37-31-66)67-32-47-77(48-33-67)96-79-45-28-62-20-22-64(62)55-79/h2-7,9-15,17-19,24-43,45-51,53,55-59H,8,16,20-23,44,52,54H2,1H3. The molecule has 0 amide bonds. The van der Waals surface area contributed by atoms with Crippen molar-refractivity contribution in [2.24, 2.45) is 5.92 Å². The molecule has 11 aromatic carbocycles. The maximum absolute atomic E-state index is 15.4. The molecule has 0 saturated heterocycles. The lowest BCUT2D eigenvalue weighted by Crippen LogP contribution is -2.35. The summed E-state index contributed by atoms with van der Waals surface area (Å²) in [5, 5.41) is 0. The van der Waals surface area contributed by atoms with E-state index in [0.29, 0.717) is 6.42 Å². The average Bonchev–Trinajstić information content (AvgIpc) is 1.55. The third kappa shape index (κ3) is 9.81. The number of para-hydroxylation sites is 2. The summed E-state index contributed by atoms with van der Waals surface area (Å²) < 4.78 is 43.6. The lowest BCUT2D eigenvalue weighted by atomic mass is 9.61. The summed E-state index contributed by atoms with van der Waals surface area (Å²) in [4.78, 5) is 4.79. The summed E-state index contributed by atoms with van der Waals surface area (Å²) in [6.07, 6.45) is 19.2. The summed E-state index contributed by atoms with van der Waals surface area (Å²) >= 11 is 0. The van der Waals surface area contributed by atoms with Crippen molar-refractivity contribution < 1.29 is 18.3 Å². The third-order valence-corrected chi connectivity index (χ3v) is 21.7. The van der Waals surface area contributed by atoms with Gasteiger partial charge in [-0.15, -0.1) is 0 Å². The second-order valence-electron chi connectivity index (χ2n) is 27.0. The summed E-state index contributed by atoms with van der Waals surface area (Å²) in [5.41, 5.74) is 27.2. The van der Waals surface area contributed by atoms with Gasteiger partial charge < -0.3 is 19.3 Å². The van der Waals surface area contributed by atoms with Crippen molar-refractivity contribution in [3.05, 3.63) is 386 Å². The van der Waals surface area contributed by atoms with Crippen molar-refractivity contribution >= 4 is 39.6 Å². The number of nitrogens with zero attached hydrogens (tertiary/aromatic N) is 2. The van der Waals surface area contributed by atoms with Gasteiger partial charge in [0.2, 0.25) is 0 Å². The first kappa shape index (κ1) is 58.5. The molecule has 0 aromatic heterocycles. The van der Waals surface area contributed by atoms with Crippen LogP contribution in [-0.2, 0) is 36.5 Å². The fourth-order valence-corrected chi connectivity index (χ4v) is 17.0. The molecule has 7 aliphatic carbocycles. The molecule has 3 atom stereocenters. The first-order valence-corrected chi connectivity index (χ1v) is 34.4. The van der Waals surface area contributed by atoms with E-state index in [1.165, 1.54) is 72.5 Å². The molecule has 0 N–H and O–H groups in total. The number of anilines is 5. The maximum atomic E-state index is 15.4. The van der Waals surface area contributed by atoms with Crippen LogP contribution < -0.4 is 19.3 Å². The SMILES string of the molecule is CC1CC(F)=CC=C1C1(c2ccc(Oc3ccc4c(c3)CC4)cc2)C2=C(CCC(N(c3ccccc3)c3ccc(-c4ccc(N(c5ccccc5)c5ccc6c(c5)C(c5ccc(F)cc5)(c5ccc(Oc7ccc8c(c7)CC8)cc5)C5=C6CCC=C5)cc4)cc3)=C2)c2ccccc21. The average molecular weight is 1260 g/mol. The smallest absolute Gasteiger partial charge is 0.127 e. The Balaban J connectivity index is 0.693. The molecule has 3 unspecified atom stereocenters. The summed E-state index contributed by atoms with van der Waals surface area (Å²) in [5.74, 6) is 2.85. The number of hydrogen-bond donors (Lipinski definition) is 0. The van der Waals surface area contributed by atoms with Gasteiger partial charge in [-0.3, -0.25) is 0 Å². The van der Waals surface area contributed by atoms with Gasteiger partial charge in [-0.1, -0.05) is 165 Å². The third-order valence-electron chi connectivity index (χ3n) is 21.7. The highest BCUT2D eigenvalue weighted by atomic mass is 19.1. The van der Waals surface area contributed by atoms with Gasteiger partial charge in [0.05, 0.1) is 10.8 Å². The molecule has 0 bridgehead atoms. The van der Waals surface area contributed by atoms with Gasteiger partial charge in [0.15, 0.2) is 0 Å². The Morgan fingerprint density at radius 3 is 1.48 bits per heavy atom. The number of allylic oxidation sites excluding steroid dienone is 12. The molecule has 0 heterocycles. The monoisotopic (exact) mass is 1260 g/mol. The van der Waals surface area contributed by atoms with Gasteiger partial charge in [-0.2, -0.15) is 0 Å². The zero-order valence-electron chi connectivity index (χ0n) is 54.1. The van der Waals surface area contributed by atoms with Gasteiger partial charge in [-0.25, -0.2) is 8.78 Å². The summed E-state index contributed by atoms with van der Waals surface area (Å²) in [6.45, 7) is 2.19. The van der Waals surface area contributed by atoms with E-state index in [-0.39, 0.29) is 17.6 Å². The number of ether oxygens (including phenoxy) is 2. The van der Waals surface area contributed by atoms with Crippen LogP contribution in [0.25, 0.3) is 22.3 Å². The molecule has 97 heavy (non-hydrogen) atoms. The maximum Gasteiger partial charge on any atom is 0.127 e. The van der Waals surface area contributed by atoms with E-state index in [0.717, 1.165) is 136 Å². The highest BCUT2D eigenvalue weighted by molar-refractivity contribution is 5.92. The fraction of sp³-hybridized carbons (Fsp3) is 0.143. The van der Waals surface area contributed by atoms with Gasteiger partial charge >= 0.3 is 0 Å².